The highest BCUT2D eigenvalue weighted by Gasteiger charge is 2.24. The highest BCUT2D eigenvalue weighted by atomic mass is 16.3. The molecule has 0 aromatic heterocycles. The third-order valence-corrected chi connectivity index (χ3v) is 5.41. The van der Waals surface area contributed by atoms with Crippen molar-refractivity contribution in [2.24, 2.45) is 11.8 Å². The van der Waals surface area contributed by atoms with Gasteiger partial charge in [0.15, 0.2) is 0 Å². The van der Waals surface area contributed by atoms with Crippen LogP contribution in [0.3, 0.4) is 0 Å². The van der Waals surface area contributed by atoms with Crippen molar-refractivity contribution in [3.63, 3.8) is 0 Å². The minimum absolute atomic E-state index is 0.0231. The van der Waals surface area contributed by atoms with Gasteiger partial charge in [-0.3, -0.25) is 9.59 Å². The summed E-state index contributed by atoms with van der Waals surface area (Å²) in [5.74, 6) is 0.695. The van der Waals surface area contributed by atoms with Crippen molar-refractivity contribution in [2.45, 2.75) is 44.9 Å². The Balaban J connectivity index is 1.60. The van der Waals surface area contributed by atoms with Crippen LogP contribution in [0.15, 0.2) is 24.3 Å². The highest BCUT2D eigenvalue weighted by Crippen LogP contribution is 2.28. The van der Waals surface area contributed by atoms with Crippen molar-refractivity contribution in [1.29, 1.82) is 0 Å². The highest BCUT2D eigenvalue weighted by molar-refractivity contribution is 5.97. The van der Waals surface area contributed by atoms with E-state index in [1.165, 1.54) is 12.8 Å². The lowest BCUT2D eigenvalue weighted by Crippen LogP contribution is -2.40. The standard InChI is InChI=1S/C20H28N2O3/c23-14-16-7-4-10-22(13-16)20(25)17-8-3-9-18(12-17)21-19(24)11-15-5-1-2-6-15/h3,8-9,12,15-16,23H,1-2,4-7,10-11,13-14H2,(H,21,24). The third-order valence-electron chi connectivity index (χ3n) is 5.41. The van der Waals surface area contributed by atoms with E-state index in [9.17, 15) is 14.7 Å². The number of anilines is 1. The number of hydrogen-bond acceptors (Lipinski definition) is 3. The van der Waals surface area contributed by atoms with Gasteiger partial charge in [-0.2, -0.15) is 0 Å². The normalized spacial score (nSPS) is 21.3. The molecule has 1 aliphatic heterocycles. The van der Waals surface area contributed by atoms with Crippen LogP contribution in [0.4, 0.5) is 5.69 Å². The van der Waals surface area contributed by atoms with Crippen LogP contribution in [-0.4, -0.2) is 41.5 Å². The average Bonchev–Trinajstić information content (AvgIpc) is 3.14. The zero-order valence-corrected chi connectivity index (χ0v) is 14.7. The Kier molecular flexibility index (Phi) is 6.08. The molecule has 1 heterocycles. The lowest BCUT2D eigenvalue weighted by atomic mass is 9.98. The van der Waals surface area contributed by atoms with Crippen LogP contribution in [0.25, 0.3) is 0 Å². The number of aliphatic hydroxyl groups is 1. The number of rotatable bonds is 5. The molecule has 25 heavy (non-hydrogen) atoms. The molecule has 2 fully saturated rings. The van der Waals surface area contributed by atoms with E-state index in [-0.39, 0.29) is 24.3 Å². The van der Waals surface area contributed by atoms with Crippen LogP contribution < -0.4 is 5.32 Å². The van der Waals surface area contributed by atoms with Gasteiger partial charge in [0, 0.05) is 37.4 Å². The Morgan fingerprint density at radius 3 is 2.64 bits per heavy atom. The van der Waals surface area contributed by atoms with Gasteiger partial charge in [-0.05, 0) is 55.7 Å². The molecule has 1 saturated heterocycles. The minimum atomic E-state index is -0.0231. The van der Waals surface area contributed by atoms with Crippen molar-refractivity contribution in [1.82, 2.24) is 4.90 Å². The van der Waals surface area contributed by atoms with E-state index in [0.29, 0.717) is 30.1 Å². The molecule has 2 amide bonds. The van der Waals surface area contributed by atoms with Crippen molar-refractivity contribution in [3.05, 3.63) is 29.8 Å². The number of carbonyl (C=O) groups excluding carboxylic acids is 2. The van der Waals surface area contributed by atoms with Crippen molar-refractivity contribution >= 4 is 17.5 Å². The van der Waals surface area contributed by atoms with E-state index in [1.54, 1.807) is 12.1 Å². The minimum Gasteiger partial charge on any atom is -0.396 e. The summed E-state index contributed by atoms with van der Waals surface area (Å²) < 4.78 is 0. The quantitative estimate of drug-likeness (QED) is 0.862. The second-order valence-corrected chi connectivity index (χ2v) is 7.43. The van der Waals surface area contributed by atoms with Gasteiger partial charge in [0.1, 0.15) is 0 Å². The molecular weight excluding hydrogens is 316 g/mol. The molecule has 2 N–H and O–H groups in total. The summed E-state index contributed by atoms with van der Waals surface area (Å²) >= 11 is 0. The smallest absolute Gasteiger partial charge is 0.253 e. The summed E-state index contributed by atoms with van der Waals surface area (Å²) in [4.78, 5) is 26.7. The largest absolute Gasteiger partial charge is 0.396 e. The van der Waals surface area contributed by atoms with E-state index in [0.717, 1.165) is 32.2 Å². The first kappa shape index (κ1) is 17.9. The Labute approximate surface area is 149 Å². The van der Waals surface area contributed by atoms with Crippen LogP contribution in [0.5, 0.6) is 0 Å². The predicted molar refractivity (Wildman–Crippen MR) is 97.4 cm³/mol. The summed E-state index contributed by atoms with van der Waals surface area (Å²) in [7, 11) is 0. The Hall–Kier alpha value is -1.88. The van der Waals surface area contributed by atoms with Gasteiger partial charge in [0.05, 0.1) is 0 Å². The number of nitrogens with one attached hydrogen (secondary N) is 1. The zero-order valence-electron chi connectivity index (χ0n) is 14.7. The number of amides is 2. The molecule has 2 aliphatic rings. The fraction of sp³-hybridized carbons (Fsp3) is 0.600. The number of carbonyl (C=O) groups is 2. The molecule has 1 saturated carbocycles. The van der Waals surface area contributed by atoms with E-state index >= 15 is 0 Å². The summed E-state index contributed by atoms with van der Waals surface area (Å²) in [6, 6.07) is 7.19. The van der Waals surface area contributed by atoms with Crippen molar-refractivity contribution < 1.29 is 14.7 Å². The first-order valence-corrected chi connectivity index (χ1v) is 9.45. The summed E-state index contributed by atoms with van der Waals surface area (Å²) in [6.45, 7) is 1.46. The second kappa shape index (κ2) is 8.48. The fourth-order valence-electron chi connectivity index (χ4n) is 4.00. The first-order valence-electron chi connectivity index (χ1n) is 9.45. The molecule has 0 bridgehead atoms. The van der Waals surface area contributed by atoms with Crippen molar-refractivity contribution in [3.8, 4) is 0 Å². The molecule has 5 nitrogen and oxygen atoms in total. The van der Waals surface area contributed by atoms with Crippen LogP contribution in [0.2, 0.25) is 0 Å². The molecule has 136 valence electrons. The Bertz CT molecular complexity index is 611. The first-order chi connectivity index (χ1) is 12.2. The molecule has 0 spiro atoms. The van der Waals surface area contributed by atoms with Crippen LogP contribution in [-0.2, 0) is 4.79 Å². The number of likely N-dealkylation sites (tertiary alicyclic amines) is 1. The summed E-state index contributed by atoms with van der Waals surface area (Å²) in [5, 5.41) is 12.3. The van der Waals surface area contributed by atoms with Gasteiger partial charge < -0.3 is 15.3 Å². The topological polar surface area (TPSA) is 69.6 Å². The summed E-state index contributed by atoms with van der Waals surface area (Å²) in [6.07, 6.45) is 7.22. The maximum atomic E-state index is 12.7. The molecule has 1 unspecified atom stereocenters. The predicted octanol–water partition coefficient (Wildman–Crippen LogP) is 3.05. The molecule has 3 rings (SSSR count). The lowest BCUT2D eigenvalue weighted by Gasteiger charge is -2.32. The van der Waals surface area contributed by atoms with Gasteiger partial charge >= 0.3 is 0 Å². The molecule has 0 radical (unpaired) electrons. The lowest BCUT2D eigenvalue weighted by molar-refractivity contribution is -0.117. The zero-order chi connectivity index (χ0) is 17.6. The number of aliphatic hydroxyl groups excluding tert-OH is 1. The maximum Gasteiger partial charge on any atom is 0.253 e. The number of nitrogens with zero attached hydrogens (tertiary/aromatic N) is 1. The van der Waals surface area contributed by atoms with E-state index in [1.807, 2.05) is 17.0 Å². The van der Waals surface area contributed by atoms with Gasteiger partial charge in [0.2, 0.25) is 5.91 Å². The molecule has 1 aliphatic carbocycles. The van der Waals surface area contributed by atoms with Gasteiger partial charge in [-0.1, -0.05) is 18.9 Å². The fourth-order valence-corrected chi connectivity index (χ4v) is 4.00. The maximum absolute atomic E-state index is 12.7. The van der Waals surface area contributed by atoms with E-state index in [4.69, 9.17) is 0 Å². The number of hydrogen-bond donors (Lipinski definition) is 2. The van der Waals surface area contributed by atoms with Crippen molar-refractivity contribution in [2.75, 3.05) is 25.0 Å². The van der Waals surface area contributed by atoms with Gasteiger partial charge in [0.25, 0.3) is 5.91 Å². The third kappa shape index (κ3) is 4.82. The van der Waals surface area contributed by atoms with Crippen LogP contribution >= 0.6 is 0 Å². The van der Waals surface area contributed by atoms with Crippen LogP contribution in [0, 0.1) is 11.8 Å². The Morgan fingerprint density at radius 1 is 1.12 bits per heavy atom. The van der Waals surface area contributed by atoms with E-state index < -0.39 is 0 Å². The molecule has 1 aromatic carbocycles. The van der Waals surface area contributed by atoms with Gasteiger partial charge in [-0.25, -0.2) is 0 Å². The average molecular weight is 344 g/mol. The number of benzene rings is 1. The SMILES string of the molecule is O=C(CC1CCCC1)Nc1cccc(C(=O)N2CCCC(CO)C2)c1. The molecule has 1 aromatic rings. The number of piperidine rings is 1. The van der Waals surface area contributed by atoms with E-state index in [2.05, 4.69) is 5.32 Å². The Morgan fingerprint density at radius 2 is 1.88 bits per heavy atom. The molecule has 1 atom stereocenters. The van der Waals surface area contributed by atoms with Crippen LogP contribution in [0.1, 0.15) is 55.3 Å². The summed E-state index contributed by atoms with van der Waals surface area (Å²) in [5.41, 5.74) is 1.28. The second-order valence-electron chi connectivity index (χ2n) is 7.43. The monoisotopic (exact) mass is 344 g/mol. The van der Waals surface area contributed by atoms with Gasteiger partial charge in [-0.15, -0.1) is 0 Å². The molecule has 5 heteroatoms. The molecular formula is C20H28N2O3.